The topological polar surface area (TPSA) is 46.2 Å². The summed E-state index contributed by atoms with van der Waals surface area (Å²) in [5.41, 5.74) is 5.48. The monoisotopic (exact) mass is 255 g/mol. The van der Waals surface area contributed by atoms with Gasteiger partial charge in [0.05, 0.1) is 11.5 Å². The molecule has 0 heterocycles. The summed E-state index contributed by atoms with van der Waals surface area (Å²) in [6, 6.07) is 0. The van der Waals surface area contributed by atoms with Gasteiger partial charge < -0.3 is 10.8 Å². The molecule has 0 aromatic heterocycles. The third-order valence-corrected chi connectivity index (χ3v) is 4.78. The molecule has 18 heavy (non-hydrogen) atoms. The maximum absolute atomic E-state index is 13.8. The molecule has 0 aromatic rings. The fourth-order valence-corrected chi connectivity index (χ4v) is 3.54. The van der Waals surface area contributed by atoms with Crippen molar-refractivity contribution in [1.82, 2.24) is 0 Å². The van der Waals surface area contributed by atoms with Gasteiger partial charge in [0.1, 0.15) is 5.83 Å². The largest absolute Gasteiger partial charge is 0.512 e. The van der Waals surface area contributed by atoms with Crippen molar-refractivity contribution in [2.24, 2.45) is 22.5 Å². The zero-order valence-corrected chi connectivity index (χ0v) is 12.2. The Kier molecular flexibility index (Phi) is 4.14. The second-order valence-electron chi connectivity index (χ2n) is 6.30. The van der Waals surface area contributed by atoms with E-state index in [1.54, 1.807) is 0 Å². The number of rotatable bonds is 3. The lowest BCUT2D eigenvalue weighted by Crippen LogP contribution is -2.43. The molecule has 0 saturated heterocycles. The van der Waals surface area contributed by atoms with Gasteiger partial charge in [-0.1, -0.05) is 34.6 Å². The van der Waals surface area contributed by atoms with Gasteiger partial charge in [-0.05, 0) is 23.7 Å². The van der Waals surface area contributed by atoms with Crippen LogP contribution in [0.2, 0.25) is 0 Å². The van der Waals surface area contributed by atoms with E-state index in [-0.39, 0.29) is 40.5 Å². The Morgan fingerprint density at radius 1 is 1.33 bits per heavy atom. The SMILES string of the molecule is CCC(CC)(C1CC(F)=C(N)C=C1O)C(C)(C)C. The maximum atomic E-state index is 13.8. The Balaban J connectivity index is 3.23. The van der Waals surface area contributed by atoms with Gasteiger partial charge in [-0.2, -0.15) is 0 Å². The molecule has 2 nitrogen and oxygen atoms in total. The third kappa shape index (κ3) is 2.27. The molecule has 0 radical (unpaired) electrons. The molecular formula is C15H26FNO. The van der Waals surface area contributed by atoms with Crippen LogP contribution in [-0.2, 0) is 0 Å². The zero-order valence-electron chi connectivity index (χ0n) is 12.2. The third-order valence-electron chi connectivity index (χ3n) is 4.78. The van der Waals surface area contributed by atoms with Crippen LogP contribution < -0.4 is 5.73 Å². The highest BCUT2D eigenvalue weighted by Crippen LogP contribution is 2.55. The minimum absolute atomic E-state index is 0.00459. The molecule has 1 atom stereocenters. The maximum Gasteiger partial charge on any atom is 0.124 e. The second kappa shape index (κ2) is 4.94. The summed E-state index contributed by atoms with van der Waals surface area (Å²) in [4.78, 5) is 0. The Labute approximate surface area is 110 Å². The van der Waals surface area contributed by atoms with Crippen LogP contribution in [0.4, 0.5) is 4.39 Å². The number of allylic oxidation sites excluding steroid dienone is 3. The Hall–Kier alpha value is -0.990. The predicted octanol–water partition coefficient (Wildman–Crippen LogP) is 4.44. The van der Waals surface area contributed by atoms with E-state index in [2.05, 4.69) is 34.6 Å². The van der Waals surface area contributed by atoms with E-state index in [0.717, 1.165) is 12.8 Å². The standard InChI is InChI=1S/C15H26FNO/c1-6-15(7-2,14(3,4)5)10-8-11(16)12(17)9-13(10)18/h9-10,18H,6-8,17H2,1-5H3. The minimum Gasteiger partial charge on any atom is -0.512 e. The smallest absolute Gasteiger partial charge is 0.124 e. The number of halogens is 1. The predicted molar refractivity (Wildman–Crippen MR) is 73.6 cm³/mol. The molecular weight excluding hydrogens is 229 g/mol. The first-order valence-electron chi connectivity index (χ1n) is 6.74. The van der Waals surface area contributed by atoms with Crippen molar-refractivity contribution >= 4 is 0 Å². The summed E-state index contributed by atoms with van der Waals surface area (Å²) < 4.78 is 13.8. The molecule has 0 amide bonds. The molecule has 3 heteroatoms. The summed E-state index contributed by atoms with van der Waals surface area (Å²) in [5.74, 6) is -0.249. The number of aliphatic hydroxyl groups is 1. The van der Waals surface area contributed by atoms with E-state index < -0.39 is 0 Å². The molecule has 104 valence electrons. The summed E-state index contributed by atoms with van der Waals surface area (Å²) >= 11 is 0. The van der Waals surface area contributed by atoms with Gasteiger partial charge >= 0.3 is 0 Å². The number of hydrogen-bond acceptors (Lipinski definition) is 2. The normalized spacial score (nSPS) is 22.1. The van der Waals surface area contributed by atoms with E-state index in [1.165, 1.54) is 6.08 Å². The quantitative estimate of drug-likeness (QED) is 0.783. The van der Waals surface area contributed by atoms with Crippen LogP contribution in [0.15, 0.2) is 23.4 Å². The van der Waals surface area contributed by atoms with Crippen molar-refractivity contribution in [1.29, 1.82) is 0 Å². The van der Waals surface area contributed by atoms with Gasteiger partial charge in [0.25, 0.3) is 0 Å². The van der Waals surface area contributed by atoms with Gasteiger partial charge in [-0.25, -0.2) is 4.39 Å². The first-order valence-corrected chi connectivity index (χ1v) is 6.74. The van der Waals surface area contributed by atoms with E-state index in [0.29, 0.717) is 0 Å². The molecule has 0 fully saturated rings. The van der Waals surface area contributed by atoms with E-state index in [4.69, 9.17) is 5.73 Å². The van der Waals surface area contributed by atoms with Crippen LogP contribution in [0.1, 0.15) is 53.9 Å². The second-order valence-corrected chi connectivity index (χ2v) is 6.30. The number of hydrogen-bond donors (Lipinski definition) is 2. The average molecular weight is 255 g/mol. The van der Waals surface area contributed by atoms with Crippen LogP contribution in [0.25, 0.3) is 0 Å². The highest BCUT2D eigenvalue weighted by molar-refractivity contribution is 5.29. The lowest BCUT2D eigenvalue weighted by Gasteiger charge is -2.50. The minimum atomic E-state index is -0.298. The van der Waals surface area contributed by atoms with Gasteiger partial charge in [-0.15, -0.1) is 0 Å². The van der Waals surface area contributed by atoms with Crippen molar-refractivity contribution in [3.8, 4) is 0 Å². The lowest BCUT2D eigenvalue weighted by atomic mass is 9.55. The van der Waals surface area contributed by atoms with Crippen molar-refractivity contribution in [3.63, 3.8) is 0 Å². The van der Waals surface area contributed by atoms with E-state index in [1.807, 2.05) is 0 Å². The van der Waals surface area contributed by atoms with E-state index in [9.17, 15) is 9.50 Å². The summed E-state index contributed by atoms with van der Waals surface area (Å²) in [6.07, 6.45) is 3.41. The van der Waals surface area contributed by atoms with Crippen LogP contribution in [0, 0.1) is 16.7 Å². The number of nitrogens with two attached hydrogens (primary N) is 1. The molecule has 0 aliphatic heterocycles. The Morgan fingerprint density at radius 2 is 1.83 bits per heavy atom. The van der Waals surface area contributed by atoms with Crippen LogP contribution in [0.3, 0.4) is 0 Å². The zero-order chi connectivity index (χ0) is 14.1. The molecule has 1 unspecified atom stereocenters. The van der Waals surface area contributed by atoms with Gasteiger partial charge in [0.15, 0.2) is 0 Å². The van der Waals surface area contributed by atoms with E-state index >= 15 is 0 Å². The lowest BCUT2D eigenvalue weighted by molar-refractivity contribution is 0.000146. The molecule has 0 saturated carbocycles. The summed E-state index contributed by atoms with van der Waals surface area (Å²) in [6.45, 7) is 10.7. The Bertz CT molecular complexity index is 372. The van der Waals surface area contributed by atoms with Gasteiger partial charge in [0.2, 0.25) is 0 Å². The van der Waals surface area contributed by atoms with Gasteiger partial charge in [0, 0.05) is 18.4 Å². The van der Waals surface area contributed by atoms with Crippen LogP contribution >= 0.6 is 0 Å². The highest BCUT2D eigenvalue weighted by atomic mass is 19.1. The molecule has 1 aliphatic carbocycles. The fraction of sp³-hybridized carbons (Fsp3) is 0.733. The van der Waals surface area contributed by atoms with Crippen molar-refractivity contribution in [3.05, 3.63) is 23.4 Å². The van der Waals surface area contributed by atoms with Gasteiger partial charge in [-0.3, -0.25) is 0 Å². The molecule has 3 N–H and O–H groups in total. The Morgan fingerprint density at radius 3 is 2.22 bits per heavy atom. The molecule has 0 bridgehead atoms. The van der Waals surface area contributed by atoms with Crippen LogP contribution in [0.5, 0.6) is 0 Å². The first-order chi connectivity index (χ1) is 8.19. The molecule has 1 rings (SSSR count). The highest BCUT2D eigenvalue weighted by Gasteiger charge is 2.48. The van der Waals surface area contributed by atoms with Crippen molar-refractivity contribution in [2.75, 3.05) is 0 Å². The summed E-state index contributed by atoms with van der Waals surface area (Å²) in [7, 11) is 0. The summed E-state index contributed by atoms with van der Waals surface area (Å²) in [5, 5.41) is 10.2. The van der Waals surface area contributed by atoms with Crippen molar-refractivity contribution in [2.45, 2.75) is 53.9 Å². The van der Waals surface area contributed by atoms with Crippen molar-refractivity contribution < 1.29 is 9.50 Å². The molecule has 0 spiro atoms. The molecule has 1 aliphatic rings. The first kappa shape index (κ1) is 15.1. The van der Waals surface area contributed by atoms with Crippen LogP contribution in [-0.4, -0.2) is 5.11 Å². The molecule has 0 aromatic carbocycles. The number of aliphatic hydroxyl groups excluding tert-OH is 1. The fourth-order valence-electron chi connectivity index (χ4n) is 3.54. The average Bonchev–Trinajstić information content (AvgIpc) is 2.25.